The van der Waals surface area contributed by atoms with Crippen LogP contribution in [0.15, 0.2) is 18.2 Å². The first-order chi connectivity index (χ1) is 9.36. The van der Waals surface area contributed by atoms with Gasteiger partial charge in [-0.25, -0.2) is 0 Å². The molecule has 0 bridgehead atoms. The number of rotatable bonds is 7. The van der Waals surface area contributed by atoms with Gasteiger partial charge in [0.15, 0.2) is 0 Å². The number of hydrogen-bond donors (Lipinski definition) is 1. The van der Waals surface area contributed by atoms with Crippen molar-refractivity contribution in [1.82, 2.24) is 0 Å². The highest BCUT2D eigenvalue weighted by molar-refractivity contribution is 5.66. The molecule has 1 aromatic carbocycles. The molecule has 0 heterocycles. The number of aliphatic hydroxyl groups is 1. The molecular weight excluding hydrogens is 270 g/mol. The molecule has 0 aromatic heterocycles. The number of aliphatic hydroxyl groups excluding tert-OH is 1. The van der Waals surface area contributed by atoms with Gasteiger partial charge >= 0.3 is 0 Å². The van der Waals surface area contributed by atoms with Crippen LogP contribution in [-0.2, 0) is 4.74 Å². The number of nitro groups is 2. The third kappa shape index (κ3) is 3.87. The van der Waals surface area contributed by atoms with Crippen molar-refractivity contribution in [3.8, 4) is 0 Å². The van der Waals surface area contributed by atoms with Gasteiger partial charge in [-0.2, -0.15) is 0 Å². The number of likely N-dealkylation sites (N-methyl/N-ethyl adjacent to an activating group) is 1. The summed E-state index contributed by atoms with van der Waals surface area (Å²) in [4.78, 5) is 21.7. The fraction of sp³-hybridized carbons (Fsp3) is 0.455. The lowest BCUT2D eigenvalue weighted by molar-refractivity contribution is -0.393. The predicted octanol–water partition coefficient (Wildman–Crippen LogP) is 0.946. The van der Waals surface area contributed by atoms with E-state index in [4.69, 9.17) is 4.74 Å². The summed E-state index contributed by atoms with van der Waals surface area (Å²) in [5.74, 6) is 0. The maximum Gasteiger partial charge on any atom is 0.299 e. The normalized spacial score (nSPS) is 11.9. The van der Waals surface area contributed by atoms with Crippen LogP contribution in [0, 0.1) is 20.2 Å². The Hall–Kier alpha value is -2.26. The van der Waals surface area contributed by atoms with Crippen LogP contribution in [-0.4, -0.2) is 48.4 Å². The van der Waals surface area contributed by atoms with Crippen molar-refractivity contribution >= 4 is 17.1 Å². The van der Waals surface area contributed by atoms with E-state index in [-0.39, 0.29) is 30.2 Å². The van der Waals surface area contributed by atoms with Crippen LogP contribution < -0.4 is 4.90 Å². The largest absolute Gasteiger partial charge is 0.389 e. The number of ether oxygens (including phenoxy) is 1. The molecule has 1 atom stereocenters. The second kappa shape index (κ2) is 6.78. The standard InChI is InChI=1S/C11H15N3O6/c1-12(6-9(15)7-20-2)10-4-3-8(13(16)17)5-11(10)14(18)19/h3-5,9,15H,6-7H2,1-2H3. The Morgan fingerprint density at radius 2 is 2.00 bits per heavy atom. The zero-order chi connectivity index (χ0) is 15.3. The Morgan fingerprint density at radius 3 is 2.50 bits per heavy atom. The minimum absolute atomic E-state index is 0.0884. The lowest BCUT2D eigenvalue weighted by Crippen LogP contribution is -2.32. The molecule has 1 rings (SSSR count). The molecule has 1 N–H and O–H groups in total. The maximum absolute atomic E-state index is 11.0. The Kier molecular flexibility index (Phi) is 5.35. The lowest BCUT2D eigenvalue weighted by Gasteiger charge is -2.21. The molecule has 0 saturated heterocycles. The average Bonchev–Trinajstić information content (AvgIpc) is 2.37. The van der Waals surface area contributed by atoms with Gasteiger partial charge < -0.3 is 14.7 Å². The van der Waals surface area contributed by atoms with E-state index in [0.29, 0.717) is 0 Å². The molecule has 9 heteroatoms. The van der Waals surface area contributed by atoms with Gasteiger partial charge in [-0.15, -0.1) is 0 Å². The minimum Gasteiger partial charge on any atom is -0.389 e. The molecule has 110 valence electrons. The summed E-state index contributed by atoms with van der Waals surface area (Å²) in [6, 6.07) is 3.37. The first-order valence-electron chi connectivity index (χ1n) is 5.67. The van der Waals surface area contributed by atoms with E-state index in [1.165, 1.54) is 24.1 Å². The van der Waals surface area contributed by atoms with Crippen LogP contribution in [0.3, 0.4) is 0 Å². The first-order valence-corrected chi connectivity index (χ1v) is 5.67. The van der Waals surface area contributed by atoms with Crippen LogP contribution in [0.2, 0.25) is 0 Å². The van der Waals surface area contributed by atoms with Crippen molar-refractivity contribution in [2.24, 2.45) is 0 Å². The van der Waals surface area contributed by atoms with E-state index in [0.717, 1.165) is 6.07 Å². The highest BCUT2D eigenvalue weighted by Gasteiger charge is 2.22. The number of non-ortho nitro benzene ring substituents is 1. The molecule has 0 saturated carbocycles. The van der Waals surface area contributed by atoms with Crippen molar-refractivity contribution in [3.63, 3.8) is 0 Å². The monoisotopic (exact) mass is 285 g/mol. The van der Waals surface area contributed by atoms with Gasteiger partial charge in [0, 0.05) is 26.8 Å². The second-order valence-corrected chi connectivity index (χ2v) is 4.18. The van der Waals surface area contributed by atoms with Crippen LogP contribution in [0.4, 0.5) is 17.1 Å². The lowest BCUT2D eigenvalue weighted by atomic mass is 10.2. The van der Waals surface area contributed by atoms with E-state index >= 15 is 0 Å². The van der Waals surface area contributed by atoms with E-state index in [1.54, 1.807) is 7.05 Å². The molecule has 0 fully saturated rings. The van der Waals surface area contributed by atoms with E-state index < -0.39 is 16.0 Å². The van der Waals surface area contributed by atoms with Crippen LogP contribution in [0.25, 0.3) is 0 Å². The maximum atomic E-state index is 11.0. The fourth-order valence-electron chi connectivity index (χ4n) is 1.75. The molecule has 0 aliphatic heterocycles. The van der Waals surface area contributed by atoms with Gasteiger partial charge in [0.25, 0.3) is 11.4 Å². The third-order valence-electron chi connectivity index (χ3n) is 2.62. The zero-order valence-corrected chi connectivity index (χ0v) is 11.1. The number of benzene rings is 1. The summed E-state index contributed by atoms with van der Waals surface area (Å²) in [6.45, 7) is 0.192. The smallest absolute Gasteiger partial charge is 0.299 e. The Balaban J connectivity index is 3.04. The highest BCUT2D eigenvalue weighted by atomic mass is 16.6. The van der Waals surface area contributed by atoms with Crippen molar-refractivity contribution in [2.45, 2.75) is 6.10 Å². The fourth-order valence-corrected chi connectivity index (χ4v) is 1.75. The molecule has 9 nitrogen and oxygen atoms in total. The van der Waals surface area contributed by atoms with Crippen LogP contribution in [0.1, 0.15) is 0 Å². The first kappa shape index (κ1) is 15.8. The predicted molar refractivity (Wildman–Crippen MR) is 70.9 cm³/mol. The van der Waals surface area contributed by atoms with E-state index in [1.807, 2.05) is 0 Å². The SMILES string of the molecule is COCC(O)CN(C)c1ccc([N+](=O)[O-])cc1[N+](=O)[O-]. The summed E-state index contributed by atoms with van der Waals surface area (Å²) in [5.41, 5.74) is -0.548. The molecule has 0 aliphatic rings. The summed E-state index contributed by atoms with van der Waals surface area (Å²) >= 11 is 0. The number of anilines is 1. The highest BCUT2D eigenvalue weighted by Crippen LogP contribution is 2.31. The molecule has 0 spiro atoms. The van der Waals surface area contributed by atoms with E-state index in [9.17, 15) is 25.3 Å². The Labute approximate surface area is 114 Å². The Morgan fingerprint density at radius 1 is 1.35 bits per heavy atom. The summed E-state index contributed by atoms with van der Waals surface area (Å²) in [5, 5.41) is 31.2. The topological polar surface area (TPSA) is 119 Å². The quantitative estimate of drug-likeness (QED) is 0.585. The van der Waals surface area contributed by atoms with E-state index in [2.05, 4.69) is 0 Å². The molecule has 0 radical (unpaired) electrons. The van der Waals surface area contributed by atoms with Crippen molar-refractivity contribution in [1.29, 1.82) is 0 Å². The van der Waals surface area contributed by atoms with Crippen molar-refractivity contribution in [2.75, 3.05) is 32.2 Å². The molecule has 1 unspecified atom stereocenters. The number of nitro benzene ring substituents is 2. The van der Waals surface area contributed by atoms with Gasteiger partial charge in [0.05, 0.1) is 28.6 Å². The molecule has 20 heavy (non-hydrogen) atoms. The molecule has 0 amide bonds. The van der Waals surface area contributed by atoms with Gasteiger partial charge in [-0.05, 0) is 6.07 Å². The summed E-state index contributed by atoms with van der Waals surface area (Å²) in [7, 11) is 2.98. The number of hydrogen-bond acceptors (Lipinski definition) is 7. The van der Waals surface area contributed by atoms with Crippen LogP contribution in [0.5, 0.6) is 0 Å². The van der Waals surface area contributed by atoms with Crippen molar-refractivity contribution in [3.05, 3.63) is 38.4 Å². The van der Waals surface area contributed by atoms with Gasteiger partial charge in [0.2, 0.25) is 0 Å². The molecule has 0 aliphatic carbocycles. The van der Waals surface area contributed by atoms with Gasteiger partial charge in [-0.1, -0.05) is 0 Å². The molecule has 1 aromatic rings. The number of nitrogens with zero attached hydrogens (tertiary/aromatic N) is 3. The minimum atomic E-state index is -0.820. The van der Waals surface area contributed by atoms with Gasteiger partial charge in [-0.3, -0.25) is 20.2 Å². The van der Waals surface area contributed by atoms with Gasteiger partial charge in [0.1, 0.15) is 5.69 Å². The van der Waals surface area contributed by atoms with Crippen LogP contribution >= 0.6 is 0 Å². The second-order valence-electron chi connectivity index (χ2n) is 4.18. The molecular formula is C11H15N3O6. The number of methoxy groups -OCH3 is 1. The Bertz CT molecular complexity index is 507. The summed E-state index contributed by atoms with van der Waals surface area (Å²) < 4.78 is 4.77. The zero-order valence-electron chi connectivity index (χ0n) is 11.1. The third-order valence-corrected chi connectivity index (χ3v) is 2.62. The average molecular weight is 285 g/mol. The van der Waals surface area contributed by atoms with Crippen molar-refractivity contribution < 1.29 is 19.7 Å². The summed E-state index contributed by atoms with van der Waals surface area (Å²) in [6.07, 6.45) is -0.820.